The molecule has 18 heavy (non-hydrogen) atoms. The molecule has 0 rings (SSSR count). The van der Waals surface area contributed by atoms with Crippen LogP contribution < -0.4 is 0 Å². The van der Waals surface area contributed by atoms with Crippen molar-refractivity contribution in [1.29, 1.82) is 0 Å². The summed E-state index contributed by atoms with van der Waals surface area (Å²) in [6.45, 7) is 8.71. The van der Waals surface area contributed by atoms with Crippen LogP contribution in [-0.2, 0) is 19.9 Å². The van der Waals surface area contributed by atoms with E-state index in [4.69, 9.17) is 4.89 Å². The Balaban J connectivity index is 3.85. The van der Waals surface area contributed by atoms with E-state index in [1.54, 1.807) is 0 Å². The highest BCUT2D eigenvalue weighted by molar-refractivity contribution is 4.75. The average Bonchev–Trinajstić information content (AvgIpc) is 2.41. The number of unbranched alkanes of at least 4 members (excludes halogenated alkanes) is 4. The highest BCUT2D eigenvalue weighted by atomic mass is 17.7. The van der Waals surface area contributed by atoms with Gasteiger partial charge in [-0.25, -0.2) is 4.89 Å². The van der Waals surface area contributed by atoms with Crippen molar-refractivity contribution in [2.75, 3.05) is 6.61 Å². The van der Waals surface area contributed by atoms with Crippen LogP contribution in [0.3, 0.4) is 0 Å². The van der Waals surface area contributed by atoms with Crippen LogP contribution in [0.2, 0.25) is 0 Å². The van der Waals surface area contributed by atoms with Crippen LogP contribution in [0.15, 0.2) is 0 Å². The summed E-state index contributed by atoms with van der Waals surface area (Å²) in [5.74, 6) is 0. The van der Waals surface area contributed by atoms with Crippen LogP contribution in [0.25, 0.3) is 0 Å². The summed E-state index contributed by atoms with van der Waals surface area (Å²) in [6.07, 6.45) is 9.13. The maximum Gasteiger partial charge on any atom is 0.106 e. The van der Waals surface area contributed by atoms with Gasteiger partial charge in [0.25, 0.3) is 0 Å². The third kappa shape index (κ3) is 8.03. The minimum atomic E-state index is -0.247. The molecular formula is C14H30O4. The van der Waals surface area contributed by atoms with Crippen molar-refractivity contribution in [2.45, 2.75) is 84.7 Å². The van der Waals surface area contributed by atoms with Crippen molar-refractivity contribution in [3.05, 3.63) is 0 Å². The van der Waals surface area contributed by atoms with Gasteiger partial charge in [0.1, 0.15) is 5.60 Å². The molecule has 0 heterocycles. The second kappa shape index (κ2) is 11.9. The molecule has 0 fully saturated rings. The van der Waals surface area contributed by atoms with E-state index < -0.39 is 0 Å². The predicted octanol–water partition coefficient (Wildman–Crippen LogP) is 4.74. The van der Waals surface area contributed by atoms with Crippen molar-refractivity contribution in [1.82, 2.24) is 0 Å². The summed E-state index contributed by atoms with van der Waals surface area (Å²) < 4.78 is 0. The molecule has 0 amide bonds. The van der Waals surface area contributed by atoms with Gasteiger partial charge in [0.2, 0.25) is 0 Å². The fourth-order valence-corrected chi connectivity index (χ4v) is 1.97. The molecule has 0 aromatic heterocycles. The molecule has 110 valence electrons. The van der Waals surface area contributed by atoms with E-state index in [-0.39, 0.29) is 5.60 Å². The first kappa shape index (κ1) is 17.8. The highest BCUT2D eigenvalue weighted by Gasteiger charge is 2.28. The minimum absolute atomic E-state index is 0.247. The largest absolute Gasteiger partial charge is 0.204 e. The van der Waals surface area contributed by atoms with Crippen LogP contribution in [0, 0.1) is 0 Å². The zero-order valence-corrected chi connectivity index (χ0v) is 12.5. The number of rotatable bonds is 13. The highest BCUT2D eigenvalue weighted by Crippen LogP contribution is 2.28. The second-order valence-electron chi connectivity index (χ2n) is 4.68. The molecule has 0 aromatic carbocycles. The Morgan fingerprint density at radius 2 is 1.44 bits per heavy atom. The average molecular weight is 262 g/mol. The summed E-state index contributed by atoms with van der Waals surface area (Å²) in [4.78, 5) is 10.0. The Morgan fingerprint density at radius 1 is 0.778 bits per heavy atom. The van der Waals surface area contributed by atoms with Gasteiger partial charge in [0.05, 0.1) is 6.61 Å². The third-order valence-corrected chi connectivity index (χ3v) is 3.43. The molecule has 0 radical (unpaired) electrons. The fraction of sp³-hybridized carbons (Fsp3) is 1.00. The van der Waals surface area contributed by atoms with Gasteiger partial charge in [0.15, 0.2) is 0 Å². The lowest BCUT2D eigenvalue weighted by atomic mass is 9.90. The Kier molecular flexibility index (Phi) is 11.8. The molecule has 0 saturated heterocycles. The molecule has 0 spiro atoms. The Morgan fingerprint density at radius 3 is 2.00 bits per heavy atom. The molecule has 4 nitrogen and oxygen atoms in total. The number of hydrogen-bond donors (Lipinski definition) is 0. The molecule has 0 bridgehead atoms. The zero-order chi connectivity index (χ0) is 13.7. The van der Waals surface area contributed by atoms with Gasteiger partial charge in [-0.2, -0.15) is 4.89 Å². The van der Waals surface area contributed by atoms with Crippen molar-refractivity contribution < 1.29 is 19.9 Å². The van der Waals surface area contributed by atoms with Crippen LogP contribution in [0.4, 0.5) is 0 Å². The van der Waals surface area contributed by atoms with Crippen molar-refractivity contribution in [2.24, 2.45) is 0 Å². The lowest BCUT2D eigenvalue weighted by Gasteiger charge is -2.28. The van der Waals surface area contributed by atoms with Gasteiger partial charge in [-0.3, -0.25) is 0 Å². The Bertz CT molecular complexity index is 169. The van der Waals surface area contributed by atoms with Crippen LogP contribution in [0.5, 0.6) is 0 Å². The monoisotopic (exact) mass is 262 g/mol. The summed E-state index contributed by atoms with van der Waals surface area (Å²) in [5, 5.41) is 9.14. The molecule has 0 aromatic rings. The normalized spacial score (nSPS) is 12.0. The van der Waals surface area contributed by atoms with Gasteiger partial charge < -0.3 is 0 Å². The predicted molar refractivity (Wildman–Crippen MR) is 71.6 cm³/mol. The van der Waals surface area contributed by atoms with E-state index in [1.807, 2.05) is 6.92 Å². The van der Waals surface area contributed by atoms with Crippen LogP contribution in [0.1, 0.15) is 79.1 Å². The molecule has 0 aliphatic rings. The Hall–Kier alpha value is -0.160. The topological polar surface area (TPSA) is 36.9 Å². The maximum atomic E-state index is 5.39. The molecule has 0 unspecified atom stereocenters. The molecule has 4 heteroatoms. The smallest absolute Gasteiger partial charge is 0.106 e. The third-order valence-electron chi connectivity index (χ3n) is 3.43. The first-order chi connectivity index (χ1) is 8.74. The van der Waals surface area contributed by atoms with E-state index >= 15 is 0 Å². The lowest BCUT2D eigenvalue weighted by molar-refractivity contribution is -0.651. The fourth-order valence-electron chi connectivity index (χ4n) is 1.97. The summed E-state index contributed by atoms with van der Waals surface area (Å²) >= 11 is 0. The van der Waals surface area contributed by atoms with Gasteiger partial charge in [-0.05, 0) is 36.3 Å². The second-order valence-corrected chi connectivity index (χ2v) is 4.68. The first-order valence-electron chi connectivity index (χ1n) is 7.38. The van der Waals surface area contributed by atoms with Gasteiger partial charge >= 0.3 is 0 Å². The molecule has 0 aliphatic heterocycles. The standard InChI is InChI=1S/C14H30O4/c1-5-9-10-11-12-13-14(6-2,7-3)16-18-17-15-8-4/h5-13H2,1-4H3. The van der Waals surface area contributed by atoms with E-state index in [1.165, 1.54) is 32.1 Å². The SMILES string of the molecule is CCCCCCCC(CC)(CC)OOOOCC. The summed E-state index contributed by atoms with van der Waals surface area (Å²) in [5.41, 5.74) is -0.247. The maximum absolute atomic E-state index is 5.39. The zero-order valence-electron chi connectivity index (χ0n) is 12.5. The van der Waals surface area contributed by atoms with E-state index in [0.717, 1.165) is 19.3 Å². The molecule has 0 N–H and O–H groups in total. The van der Waals surface area contributed by atoms with Crippen molar-refractivity contribution in [3.8, 4) is 0 Å². The number of hydrogen-bond acceptors (Lipinski definition) is 4. The van der Waals surface area contributed by atoms with Crippen molar-refractivity contribution >= 4 is 0 Å². The van der Waals surface area contributed by atoms with E-state index in [2.05, 4.69) is 35.7 Å². The van der Waals surface area contributed by atoms with Crippen LogP contribution >= 0.6 is 0 Å². The molecular weight excluding hydrogens is 232 g/mol. The lowest BCUT2D eigenvalue weighted by Crippen LogP contribution is -2.31. The quantitative estimate of drug-likeness (QED) is 0.273. The van der Waals surface area contributed by atoms with Crippen LogP contribution in [-0.4, -0.2) is 12.2 Å². The summed E-state index contributed by atoms with van der Waals surface area (Å²) in [6, 6.07) is 0. The van der Waals surface area contributed by atoms with Gasteiger partial charge in [-0.1, -0.05) is 52.9 Å². The molecule has 0 atom stereocenters. The van der Waals surface area contributed by atoms with Crippen molar-refractivity contribution in [3.63, 3.8) is 0 Å². The minimum Gasteiger partial charge on any atom is -0.204 e. The van der Waals surface area contributed by atoms with Gasteiger partial charge in [0, 0.05) is 0 Å². The molecule has 0 saturated carbocycles. The van der Waals surface area contributed by atoms with E-state index in [9.17, 15) is 0 Å². The molecule has 0 aliphatic carbocycles. The summed E-state index contributed by atoms with van der Waals surface area (Å²) in [7, 11) is 0. The van der Waals surface area contributed by atoms with E-state index in [0.29, 0.717) is 6.61 Å². The van der Waals surface area contributed by atoms with Gasteiger partial charge in [-0.15, -0.1) is 0 Å². The first-order valence-corrected chi connectivity index (χ1v) is 7.38. The Labute approximate surface area is 112 Å².